The highest BCUT2D eigenvalue weighted by Crippen LogP contribution is 2.05. The lowest BCUT2D eigenvalue weighted by molar-refractivity contribution is -0.120. The molecule has 0 aromatic rings. The molecule has 0 fully saturated rings. The number of rotatable bonds is 8. The predicted molar refractivity (Wildman–Crippen MR) is 63.7 cm³/mol. The highest BCUT2D eigenvalue weighted by Gasteiger charge is 2.16. The van der Waals surface area contributed by atoms with Crippen LogP contribution in [0.15, 0.2) is 0 Å². The normalized spacial score (nSPS) is 15.3. The zero-order valence-corrected chi connectivity index (χ0v) is 10.4. The van der Waals surface area contributed by atoms with Gasteiger partial charge in [0.2, 0.25) is 5.91 Å². The highest BCUT2D eigenvalue weighted by atomic mass is 16.1. The zero-order valence-electron chi connectivity index (χ0n) is 10.4. The van der Waals surface area contributed by atoms with Gasteiger partial charge in [0.25, 0.3) is 0 Å². The average molecular weight is 215 g/mol. The van der Waals surface area contributed by atoms with Crippen molar-refractivity contribution in [2.45, 2.75) is 45.7 Å². The lowest BCUT2D eigenvalue weighted by Gasteiger charge is -2.28. The molecule has 3 N–H and O–H groups in total. The van der Waals surface area contributed by atoms with E-state index in [1.807, 2.05) is 0 Å². The molecule has 0 aliphatic carbocycles. The molecular formula is C11H25N3O. The Morgan fingerprint density at radius 3 is 2.40 bits per heavy atom. The van der Waals surface area contributed by atoms with E-state index in [-0.39, 0.29) is 11.9 Å². The van der Waals surface area contributed by atoms with Gasteiger partial charge >= 0.3 is 0 Å². The molecule has 0 aromatic carbocycles. The third kappa shape index (κ3) is 5.14. The first kappa shape index (κ1) is 14.4. The van der Waals surface area contributed by atoms with E-state index < -0.39 is 0 Å². The summed E-state index contributed by atoms with van der Waals surface area (Å²) in [5, 5.41) is 2.94. The third-order valence-corrected chi connectivity index (χ3v) is 3.02. The molecule has 0 rings (SSSR count). The van der Waals surface area contributed by atoms with Crippen molar-refractivity contribution < 1.29 is 4.79 Å². The van der Waals surface area contributed by atoms with Gasteiger partial charge in [-0.1, -0.05) is 13.8 Å². The maximum absolute atomic E-state index is 11.0. The van der Waals surface area contributed by atoms with Gasteiger partial charge in [0.1, 0.15) is 0 Å². The smallest absolute Gasteiger partial charge is 0.234 e. The first-order chi connectivity index (χ1) is 7.06. The summed E-state index contributed by atoms with van der Waals surface area (Å²) < 4.78 is 0. The number of likely N-dealkylation sites (N-methyl/N-ethyl adjacent to an activating group) is 1. The van der Waals surface area contributed by atoms with Crippen LogP contribution in [0.5, 0.6) is 0 Å². The van der Waals surface area contributed by atoms with Gasteiger partial charge in [-0.2, -0.15) is 0 Å². The number of hydrogen-bond acceptors (Lipinski definition) is 3. The zero-order chi connectivity index (χ0) is 11.8. The largest absolute Gasteiger partial charge is 0.368 e. The molecule has 1 amide bonds. The van der Waals surface area contributed by atoms with Gasteiger partial charge in [0, 0.05) is 12.6 Å². The summed E-state index contributed by atoms with van der Waals surface area (Å²) in [6.45, 7) is 8.47. The van der Waals surface area contributed by atoms with Crippen LogP contribution in [0.1, 0.15) is 33.6 Å². The minimum atomic E-state index is -0.266. The summed E-state index contributed by atoms with van der Waals surface area (Å²) in [4.78, 5) is 13.4. The topological polar surface area (TPSA) is 58.4 Å². The standard InChI is InChI=1S/C11H25N3O/c1-5-9(3)14(6-2)8-7-10(13-4)11(12)15/h9-10,13H,5-8H2,1-4H3,(H2,12,15). The van der Waals surface area contributed by atoms with Crippen molar-refractivity contribution in [3.63, 3.8) is 0 Å². The number of primary amides is 1. The summed E-state index contributed by atoms with van der Waals surface area (Å²) >= 11 is 0. The Hall–Kier alpha value is -0.610. The summed E-state index contributed by atoms with van der Waals surface area (Å²) in [7, 11) is 1.77. The van der Waals surface area contributed by atoms with Crippen LogP contribution >= 0.6 is 0 Å². The number of carbonyl (C=O) groups excluding carboxylic acids is 1. The molecule has 90 valence electrons. The van der Waals surface area contributed by atoms with Crippen LogP contribution in [-0.4, -0.2) is 43.0 Å². The van der Waals surface area contributed by atoms with Gasteiger partial charge in [-0.05, 0) is 33.4 Å². The van der Waals surface area contributed by atoms with Crippen molar-refractivity contribution in [1.29, 1.82) is 0 Å². The number of nitrogens with one attached hydrogen (secondary N) is 1. The fourth-order valence-electron chi connectivity index (χ4n) is 1.67. The second-order valence-electron chi connectivity index (χ2n) is 3.92. The van der Waals surface area contributed by atoms with Gasteiger partial charge in [0.05, 0.1) is 6.04 Å². The molecule has 0 heterocycles. The van der Waals surface area contributed by atoms with Crippen molar-refractivity contribution in [3.05, 3.63) is 0 Å². The lowest BCUT2D eigenvalue weighted by Crippen LogP contribution is -2.43. The second kappa shape index (κ2) is 7.65. The van der Waals surface area contributed by atoms with Crippen LogP contribution in [0.4, 0.5) is 0 Å². The molecule has 0 saturated heterocycles. The van der Waals surface area contributed by atoms with Gasteiger partial charge < -0.3 is 16.0 Å². The molecule has 0 spiro atoms. The van der Waals surface area contributed by atoms with Gasteiger partial charge in [-0.15, -0.1) is 0 Å². The number of hydrogen-bond donors (Lipinski definition) is 2. The third-order valence-electron chi connectivity index (χ3n) is 3.02. The van der Waals surface area contributed by atoms with Crippen LogP contribution in [0.2, 0.25) is 0 Å². The molecule has 2 unspecified atom stereocenters. The second-order valence-corrected chi connectivity index (χ2v) is 3.92. The Labute approximate surface area is 93.2 Å². The number of nitrogens with zero attached hydrogens (tertiary/aromatic N) is 1. The van der Waals surface area contributed by atoms with E-state index in [0.717, 1.165) is 25.9 Å². The van der Waals surface area contributed by atoms with Crippen molar-refractivity contribution in [3.8, 4) is 0 Å². The Morgan fingerprint density at radius 1 is 1.47 bits per heavy atom. The summed E-state index contributed by atoms with van der Waals surface area (Å²) in [5.41, 5.74) is 5.26. The van der Waals surface area contributed by atoms with Crippen LogP contribution in [0.3, 0.4) is 0 Å². The average Bonchev–Trinajstić information content (AvgIpc) is 2.23. The van der Waals surface area contributed by atoms with Crippen LogP contribution in [0, 0.1) is 0 Å². The van der Waals surface area contributed by atoms with E-state index in [1.165, 1.54) is 0 Å². The van der Waals surface area contributed by atoms with E-state index in [9.17, 15) is 4.79 Å². The minimum Gasteiger partial charge on any atom is -0.368 e. The molecule has 0 aliphatic rings. The van der Waals surface area contributed by atoms with Crippen LogP contribution in [-0.2, 0) is 4.79 Å². The highest BCUT2D eigenvalue weighted by molar-refractivity contribution is 5.79. The summed E-state index contributed by atoms with van der Waals surface area (Å²) in [6, 6.07) is 0.364. The van der Waals surface area contributed by atoms with E-state index in [0.29, 0.717) is 6.04 Å². The maximum atomic E-state index is 11.0. The van der Waals surface area contributed by atoms with Crippen molar-refractivity contribution in [2.24, 2.45) is 5.73 Å². The monoisotopic (exact) mass is 215 g/mol. The van der Waals surface area contributed by atoms with E-state index in [2.05, 4.69) is 31.0 Å². The Morgan fingerprint density at radius 2 is 2.07 bits per heavy atom. The first-order valence-electron chi connectivity index (χ1n) is 5.77. The maximum Gasteiger partial charge on any atom is 0.234 e. The van der Waals surface area contributed by atoms with Gasteiger partial charge in [-0.25, -0.2) is 0 Å². The van der Waals surface area contributed by atoms with Crippen molar-refractivity contribution in [1.82, 2.24) is 10.2 Å². The molecule has 15 heavy (non-hydrogen) atoms. The van der Waals surface area contributed by atoms with Crippen molar-refractivity contribution >= 4 is 5.91 Å². The van der Waals surface area contributed by atoms with E-state index in [4.69, 9.17) is 5.73 Å². The van der Waals surface area contributed by atoms with Gasteiger partial charge in [0.15, 0.2) is 0 Å². The molecule has 2 atom stereocenters. The minimum absolute atomic E-state index is 0.205. The van der Waals surface area contributed by atoms with E-state index in [1.54, 1.807) is 7.05 Å². The first-order valence-corrected chi connectivity index (χ1v) is 5.77. The molecular weight excluding hydrogens is 190 g/mol. The molecule has 0 radical (unpaired) electrons. The van der Waals surface area contributed by atoms with Crippen LogP contribution in [0.25, 0.3) is 0 Å². The fraction of sp³-hybridized carbons (Fsp3) is 0.909. The molecule has 0 bridgehead atoms. The number of amides is 1. The lowest BCUT2D eigenvalue weighted by atomic mass is 10.1. The molecule has 0 aromatic heterocycles. The van der Waals surface area contributed by atoms with Crippen LogP contribution < -0.4 is 11.1 Å². The summed E-state index contributed by atoms with van der Waals surface area (Å²) in [6.07, 6.45) is 1.92. The number of nitrogens with two attached hydrogens (primary N) is 1. The molecule has 0 aliphatic heterocycles. The van der Waals surface area contributed by atoms with Crippen molar-refractivity contribution in [2.75, 3.05) is 20.1 Å². The van der Waals surface area contributed by atoms with E-state index >= 15 is 0 Å². The number of carbonyl (C=O) groups is 1. The SMILES string of the molecule is CCC(C)N(CC)CCC(NC)C(N)=O. The quantitative estimate of drug-likeness (QED) is 0.622. The molecule has 0 saturated carbocycles. The van der Waals surface area contributed by atoms with Gasteiger partial charge in [-0.3, -0.25) is 4.79 Å². The molecule has 4 heteroatoms. The predicted octanol–water partition coefficient (Wildman–Crippen LogP) is 0.570. The summed E-state index contributed by atoms with van der Waals surface area (Å²) in [5.74, 6) is -0.266. The molecule has 4 nitrogen and oxygen atoms in total. The Kier molecular flexibility index (Phi) is 7.34. The Bertz CT molecular complexity index is 185. The Balaban J connectivity index is 4.03. The fourth-order valence-corrected chi connectivity index (χ4v) is 1.67.